The third-order valence-corrected chi connectivity index (χ3v) is 4.83. The summed E-state index contributed by atoms with van der Waals surface area (Å²) < 4.78 is 24.8. The number of hydrogen-bond donors (Lipinski definition) is 1. The van der Waals surface area contributed by atoms with Crippen LogP contribution in [0.3, 0.4) is 0 Å². The van der Waals surface area contributed by atoms with E-state index in [1.54, 1.807) is 42.3 Å². The minimum atomic E-state index is -0.935. The van der Waals surface area contributed by atoms with Crippen LogP contribution in [0.1, 0.15) is 25.0 Å². The Kier molecular flexibility index (Phi) is 5.91. The van der Waals surface area contributed by atoms with Gasteiger partial charge in [0.25, 0.3) is 0 Å². The minimum absolute atomic E-state index is 0.0935. The van der Waals surface area contributed by atoms with Crippen LogP contribution in [0.25, 0.3) is 11.3 Å². The lowest BCUT2D eigenvalue weighted by molar-refractivity contribution is -0.139. The molecule has 0 aliphatic carbocycles. The van der Waals surface area contributed by atoms with Gasteiger partial charge >= 0.3 is 5.97 Å². The molecule has 1 fully saturated rings. The second-order valence-corrected chi connectivity index (χ2v) is 6.64. The number of amides is 1. The van der Waals surface area contributed by atoms with E-state index >= 15 is 0 Å². The van der Waals surface area contributed by atoms with Crippen molar-refractivity contribution < 1.29 is 28.2 Å². The van der Waals surface area contributed by atoms with Crippen molar-refractivity contribution in [3.05, 3.63) is 48.0 Å². The monoisotopic (exact) mass is 375 g/mol. The number of hydrogen-bond acceptors (Lipinski definition) is 4. The molecule has 6 nitrogen and oxygen atoms in total. The first-order valence-corrected chi connectivity index (χ1v) is 8.85. The first kappa shape index (κ1) is 19.1. The number of likely N-dealkylation sites (tertiary alicyclic amines) is 1. The van der Waals surface area contributed by atoms with E-state index < -0.39 is 5.97 Å². The van der Waals surface area contributed by atoms with Crippen LogP contribution in [-0.4, -0.2) is 47.7 Å². The molecule has 7 heteroatoms. The fourth-order valence-corrected chi connectivity index (χ4v) is 3.44. The molecule has 1 amide bonds. The van der Waals surface area contributed by atoms with E-state index in [1.807, 2.05) is 0 Å². The summed E-state index contributed by atoms with van der Waals surface area (Å²) in [4.78, 5) is 25.2. The second-order valence-electron chi connectivity index (χ2n) is 6.64. The number of rotatable bonds is 7. The van der Waals surface area contributed by atoms with E-state index in [0.29, 0.717) is 36.5 Å². The van der Waals surface area contributed by atoms with Crippen LogP contribution in [0.15, 0.2) is 40.8 Å². The molecule has 0 radical (unpaired) electrons. The zero-order chi connectivity index (χ0) is 19.4. The lowest BCUT2D eigenvalue weighted by Crippen LogP contribution is -2.37. The average molecular weight is 375 g/mol. The van der Waals surface area contributed by atoms with E-state index in [2.05, 4.69) is 0 Å². The molecule has 27 heavy (non-hydrogen) atoms. The quantitative estimate of drug-likeness (QED) is 0.804. The van der Waals surface area contributed by atoms with Gasteiger partial charge in [0.1, 0.15) is 17.3 Å². The largest absolute Gasteiger partial charge is 0.481 e. The number of carbonyl (C=O) groups excluding carboxylic acids is 1. The number of aryl methyl sites for hydroxylation is 1. The molecule has 1 saturated heterocycles. The first-order chi connectivity index (χ1) is 13.0. The fraction of sp³-hybridized carbons (Fsp3) is 0.400. The summed E-state index contributed by atoms with van der Waals surface area (Å²) in [6, 6.07) is 9.39. The van der Waals surface area contributed by atoms with E-state index in [9.17, 15) is 14.0 Å². The Morgan fingerprint density at radius 3 is 2.78 bits per heavy atom. The molecule has 2 atom stereocenters. The van der Waals surface area contributed by atoms with Crippen molar-refractivity contribution in [3.63, 3.8) is 0 Å². The van der Waals surface area contributed by atoms with Crippen LogP contribution < -0.4 is 0 Å². The predicted octanol–water partition coefficient (Wildman–Crippen LogP) is 3.11. The zero-order valence-electron chi connectivity index (χ0n) is 15.1. The highest BCUT2D eigenvalue weighted by molar-refractivity contribution is 5.78. The summed E-state index contributed by atoms with van der Waals surface area (Å²) in [6.45, 7) is 0.395. The SMILES string of the molecule is COC1CC(CC(=O)O)N(C(=O)CCc2ccc(-c3ccccc3F)o2)C1. The molecule has 0 spiro atoms. The van der Waals surface area contributed by atoms with Gasteiger partial charge < -0.3 is 19.2 Å². The van der Waals surface area contributed by atoms with Gasteiger partial charge in [-0.1, -0.05) is 12.1 Å². The maximum absolute atomic E-state index is 13.8. The molecular formula is C20H22FNO5. The number of furan rings is 1. The summed E-state index contributed by atoms with van der Waals surface area (Å²) in [6.07, 6.45) is 0.837. The Morgan fingerprint density at radius 1 is 1.30 bits per heavy atom. The second kappa shape index (κ2) is 8.35. The van der Waals surface area contributed by atoms with Crippen molar-refractivity contribution in [2.45, 2.75) is 37.8 Å². The molecule has 2 unspecified atom stereocenters. The van der Waals surface area contributed by atoms with Crippen molar-refractivity contribution in [2.24, 2.45) is 0 Å². The Morgan fingerprint density at radius 2 is 2.07 bits per heavy atom. The molecule has 1 aromatic heterocycles. The van der Waals surface area contributed by atoms with E-state index in [-0.39, 0.29) is 36.7 Å². The highest BCUT2D eigenvalue weighted by Crippen LogP contribution is 2.27. The van der Waals surface area contributed by atoms with Gasteiger partial charge in [-0.3, -0.25) is 9.59 Å². The normalized spacial score (nSPS) is 19.4. The molecule has 3 rings (SSSR count). The molecule has 1 aromatic carbocycles. The Hall–Kier alpha value is -2.67. The topological polar surface area (TPSA) is 80.0 Å². The molecule has 1 aliphatic rings. The highest BCUT2D eigenvalue weighted by atomic mass is 19.1. The summed E-state index contributed by atoms with van der Waals surface area (Å²) >= 11 is 0. The van der Waals surface area contributed by atoms with Crippen LogP contribution >= 0.6 is 0 Å². The standard InChI is InChI=1S/C20H22FNO5/c1-26-15-10-13(11-20(24)25)22(12-15)19(23)9-7-14-6-8-18(27-14)16-4-2-3-5-17(16)21/h2-6,8,13,15H,7,9-12H2,1H3,(H,24,25). The number of carboxylic acids is 1. The van der Waals surface area contributed by atoms with Gasteiger partial charge in [0, 0.05) is 32.5 Å². The van der Waals surface area contributed by atoms with Crippen LogP contribution in [-0.2, 0) is 20.7 Å². The van der Waals surface area contributed by atoms with Crippen molar-refractivity contribution >= 4 is 11.9 Å². The number of benzene rings is 1. The van der Waals surface area contributed by atoms with Gasteiger partial charge in [0.15, 0.2) is 0 Å². The molecular weight excluding hydrogens is 353 g/mol. The molecule has 1 aliphatic heterocycles. The molecule has 0 bridgehead atoms. The van der Waals surface area contributed by atoms with Crippen LogP contribution in [0.5, 0.6) is 0 Å². The number of ether oxygens (including phenoxy) is 1. The van der Waals surface area contributed by atoms with Gasteiger partial charge in [-0.2, -0.15) is 0 Å². The number of methoxy groups -OCH3 is 1. The number of halogens is 1. The van der Waals surface area contributed by atoms with E-state index in [0.717, 1.165) is 0 Å². The van der Waals surface area contributed by atoms with Crippen LogP contribution in [0.2, 0.25) is 0 Å². The van der Waals surface area contributed by atoms with E-state index in [1.165, 1.54) is 6.07 Å². The lowest BCUT2D eigenvalue weighted by atomic mass is 10.1. The van der Waals surface area contributed by atoms with Crippen molar-refractivity contribution in [1.82, 2.24) is 4.90 Å². The predicted molar refractivity (Wildman–Crippen MR) is 95.6 cm³/mol. The molecule has 2 aromatic rings. The Labute approximate surface area is 156 Å². The maximum Gasteiger partial charge on any atom is 0.305 e. The molecule has 2 heterocycles. The van der Waals surface area contributed by atoms with Gasteiger partial charge in [-0.05, 0) is 30.7 Å². The number of nitrogens with zero attached hydrogens (tertiary/aromatic N) is 1. The third kappa shape index (κ3) is 4.54. The van der Waals surface area contributed by atoms with Crippen molar-refractivity contribution in [1.29, 1.82) is 0 Å². The van der Waals surface area contributed by atoms with Gasteiger partial charge in [0.2, 0.25) is 5.91 Å². The number of aliphatic carboxylic acids is 1. The number of carbonyl (C=O) groups is 2. The molecule has 0 saturated carbocycles. The summed E-state index contributed by atoms with van der Waals surface area (Å²) in [7, 11) is 1.56. The number of carboxylic acid groups (broad SMARTS) is 1. The Balaban J connectivity index is 1.62. The minimum Gasteiger partial charge on any atom is -0.481 e. The maximum atomic E-state index is 13.8. The van der Waals surface area contributed by atoms with Gasteiger partial charge in [-0.25, -0.2) is 4.39 Å². The highest BCUT2D eigenvalue weighted by Gasteiger charge is 2.36. The summed E-state index contributed by atoms with van der Waals surface area (Å²) in [5.74, 6) is -0.438. The molecule has 1 N–H and O–H groups in total. The van der Waals surface area contributed by atoms with Crippen molar-refractivity contribution in [3.8, 4) is 11.3 Å². The first-order valence-electron chi connectivity index (χ1n) is 8.85. The van der Waals surface area contributed by atoms with Gasteiger partial charge in [-0.15, -0.1) is 0 Å². The van der Waals surface area contributed by atoms with Crippen molar-refractivity contribution in [2.75, 3.05) is 13.7 Å². The van der Waals surface area contributed by atoms with Crippen LogP contribution in [0, 0.1) is 5.82 Å². The fourth-order valence-electron chi connectivity index (χ4n) is 3.44. The van der Waals surface area contributed by atoms with Crippen LogP contribution in [0.4, 0.5) is 4.39 Å². The molecule has 144 valence electrons. The lowest BCUT2D eigenvalue weighted by Gasteiger charge is -2.23. The Bertz CT molecular complexity index is 818. The van der Waals surface area contributed by atoms with Gasteiger partial charge in [0.05, 0.1) is 18.1 Å². The smallest absolute Gasteiger partial charge is 0.305 e. The average Bonchev–Trinajstić information content (AvgIpc) is 3.26. The third-order valence-electron chi connectivity index (χ3n) is 4.83. The summed E-state index contributed by atoms with van der Waals surface area (Å²) in [5, 5.41) is 9.05. The zero-order valence-corrected chi connectivity index (χ0v) is 15.1. The van der Waals surface area contributed by atoms with E-state index in [4.69, 9.17) is 14.3 Å². The summed E-state index contributed by atoms with van der Waals surface area (Å²) in [5.41, 5.74) is 0.374.